The maximum Gasteiger partial charge on any atom is 0.333 e. The van der Waals surface area contributed by atoms with Gasteiger partial charge in [-0.05, 0) is 41.5 Å². The fourth-order valence-electron chi connectivity index (χ4n) is 3.04. The van der Waals surface area contributed by atoms with Gasteiger partial charge >= 0.3 is 5.69 Å². The average molecular weight is 396 g/mol. The van der Waals surface area contributed by atoms with E-state index in [-0.39, 0.29) is 18.9 Å². The van der Waals surface area contributed by atoms with Crippen LogP contribution in [0.1, 0.15) is 11.3 Å². The number of nitrogens with zero attached hydrogens (tertiary/aromatic N) is 3. The number of aryl methyl sites for hydroxylation is 1. The minimum Gasteiger partial charge on any atom is -0.487 e. The van der Waals surface area contributed by atoms with E-state index in [1.54, 1.807) is 43.7 Å². The van der Waals surface area contributed by atoms with E-state index in [1.807, 2.05) is 24.3 Å². The highest BCUT2D eigenvalue weighted by molar-refractivity contribution is 6.30. The van der Waals surface area contributed by atoms with Crippen LogP contribution in [0.15, 0.2) is 65.7 Å². The van der Waals surface area contributed by atoms with Crippen molar-refractivity contribution in [2.45, 2.75) is 13.2 Å². The summed E-state index contributed by atoms with van der Waals surface area (Å²) in [4.78, 5) is 17.2. The molecule has 28 heavy (non-hydrogen) atoms. The van der Waals surface area contributed by atoms with E-state index < -0.39 is 0 Å². The number of aliphatic hydroxyl groups is 1. The van der Waals surface area contributed by atoms with E-state index in [0.29, 0.717) is 22.1 Å². The summed E-state index contributed by atoms with van der Waals surface area (Å²) in [6.45, 7) is 0.174. The fourth-order valence-corrected chi connectivity index (χ4v) is 3.17. The Hall–Kier alpha value is -3.09. The molecule has 0 aliphatic heterocycles. The molecule has 4 rings (SSSR count). The second-order valence-electron chi connectivity index (χ2n) is 6.46. The van der Waals surface area contributed by atoms with Crippen molar-refractivity contribution >= 4 is 17.2 Å². The Morgan fingerprint density at radius 1 is 1.14 bits per heavy atom. The summed E-state index contributed by atoms with van der Waals surface area (Å²) in [7, 11) is 1.70. The van der Waals surface area contributed by atoms with Gasteiger partial charge in [0, 0.05) is 30.0 Å². The van der Waals surface area contributed by atoms with Crippen molar-refractivity contribution in [3.8, 4) is 16.9 Å². The van der Waals surface area contributed by atoms with Crippen molar-refractivity contribution in [2.75, 3.05) is 0 Å². The topological polar surface area (TPSA) is 68.8 Å². The number of imidazole rings is 1. The third-order valence-electron chi connectivity index (χ3n) is 4.45. The van der Waals surface area contributed by atoms with Gasteiger partial charge in [-0.25, -0.2) is 9.78 Å². The average Bonchev–Trinajstić information content (AvgIpc) is 3.15. The normalized spacial score (nSPS) is 11.1. The number of fused-ring (bicyclic) bond motifs is 1. The molecule has 6 nitrogen and oxygen atoms in total. The number of hydrogen-bond donors (Lipinski definition) is 1. The van der Waals surface area contributed by atoms with Crippen LogP contribution in [0.4, 0.5) is 0 Å². The largest absolute Gasteiger partial charge is 0.487 e. The van der Waals surface area contributed by atoms with Crippen molar-refractivity contribution in [3.63, 3.8) is 0 Å². The van der Waals surface area contributed by atoms with Gasteiger partial charge in [0.15, 0.2) is 5.65 Å². The van der Waals surface area contributed by atoms with Gasteiger partial charge in [-0.3, -0.25) is 4.40 Å². The predicted molar refractivity (Wildman–Crippen MR) is 108 cm³/mol. The number of ether oxygens (including phenoxy) is 1. The Labute approximate surface area is 166 Å². The van der Waals surface area contributed by atoms with Crippen LogP contribution in [0.5, 0.6) is 5.75 Å². The van der Waals surface area contributed by atoms with Gasteiger partial charge in [0.2, 0.25) is 0 Å². The highest BCUT2D eigenvalue weighted by Crippen LogP contribution is 2.24. The van der Waals surface area contributed by atoms with Gasteiger partial charge in [0.05, 0.1) is 12.3 Å². The molecule has 0 unspecified atom stereocenters. The standard InChI is InChI=1S/C21H18ClN3O3/c1-24-11-19(15-4-2-3-14(9-15)12-26)20-23-17(10-25(20)21(24)27)13-28-18-7-5-16(22)6-8-18/h2-11,26H,12-13H2,1H3. The minimum absolute atomic E-state index is 0.0511. The molecular weight excluding hydrogens is 378 g/mol. The Balaban J connectivity index is 1.74. The molecule has 0 saturated carbocycles. The van der Waals surface area contributed by atoms with Gasteiger partial charge < -0.3 is 14.4 Å². The highest BCUT2D eigenvalue weighted by Gasteiger charge is 2.13. The van der Waals surface area contributed by atoms with E-state index in [4.69, 9.17) is 16.3 Å². The number of aliphatic hydroxyl groups excluding tert-OH is 1. The summed E-state index contributed by atoms with van der Waals surface area (Å²) in [6.07, 6.45) is 3.44. The number of benzene rings is 2. The molecule has 0 aliphatic rings. The lowest BCUT2D eigenvalue weighted by Crippen LogP contribution is -2.23. The van der Waals surface area contributed by atoms with E-state index in [0.717, 1.165) is 16.7 Å². The fraction of sp³-hybridized carbons (Fsp3) is 0.143. The lowest BCUT2D eigenvalue weighted by atomic mass is 10.1. The van der Waals surface area contributed by atoms with Crippen LogP contribution in [0.2, 0.25) is 5.02 Å². The van der Waals surface area contributed by atoms with Crippen molar-refractivity contribution in [1.82, 2.24) is 14.0 Å². The molecule has 0 atom stereocenters. The zero-order chi connectivity index (χ0) is 19.7. The van der Waals surface area contributed by atoms with E-state index in [2.05, 4.69) is 4.98 Å². The Kier molecular flexibility index (Phi) is 4.90. The summed E-state index contributed by atoms with van der Waals surface area (Å²) in [5, 5.41) is 10.1. The maximum absolute atomic E-state index is 12.6. The van der Waals surface area contributed by atoms with Crippen LogP contribution in [-0.2, 0) is 20.3 Å². The number of rotatable bonds is 5. The third kappa shape index (κ3) is 3.52. The molecule has 1 N–H and O–H groups in total. The first-order valence-electron chi connectivity index (χ1n) is 8.71. The lowest BCUT2D eigenvalue weighted by molar-refractivity contribution is 0.282. The highest BCUT2D eigenvalue weighted by atomic mass is 35.5. The lowest BCUT2D eigenvalue weighted by Gasteiger charge is -2.08. The summed E-state index contributed by atoms with van der Waals surface area (Å²) in [5.74, 6) is 0.672. The van der Waals surface area contributed by atoms with E-state index in [9.17, 15) is 9.90 Å². The van der Waals surface area contributed by atoms with Gasteiger partial charge in [0.25, 0.3) is 0 Å². The number of hydrogen-bond acceptors (Lipinski definition) is 4. The molecular formula is C21H18ClN3O3. The van der Waals surface area contributed by atoms with Crippen molar-refractivity contribution in [2.24, 2.45) is 7.05 Å². The van der Waals surface area contributed by atoms with E-state index >= 15 is 0 Å². The zero-order valence-corrected chi connectivity index (χ0v) is 15.9. The van der Waals surface area contributed by atoms with Crippen LogP contribution in [0.3, 0.4) is 0 Å². The van der Waals surface area contributed by atoms with Gasteiger partial charge in [-0.1, -0.05) is 29.8 Å². The van der Waals surface area contributed by atoms with Crippen molar-refractivity contribution < 1.29 is 9.84 Å². The third-order valence-corrected chi connectivity index (χ3v) is 4.70. The predicted octanol–water partition coefficient (Wildman–Crippen LogP) is 3.42. The molecule has 0 radical (unpaired) electrons. The zero-order valence-electron chi connectivity index (χ0n) is 15.2. The second kappa shape index (κ2) is 7.50. The van der Waals surface area contributed by atoms with Crippen LogP contribution in [0, 0.1) is 0 Å². The van der Waals surface area contributed by atoms with E-state index in [1.165, 1.54) is 8.97 Å². The first-order chi connectivity index (χ1) is 13.5. The summed E-state index contributed by atoms with van der Waals surface area (Å²) in [5.41, 5.74) is 3.47. The SMILES string of the molecule is Cn1cc(-c2cccc(CO)c2)c2nc(COc3ccc(Cl)cc3)cn2c1=O. The Morgan fingerprint density at radius 2 is 1.93 bits per heavy atom. The molecule has 0 fully saturated rings. The summed E-state index contributed by atoms with van der Waals surface area (Å²) < 4.78 is 8.78. The van der Waals surface area contributed by atoms with Crippen molar-refractivity contribution in [1.29, 1.82) is 0 Å². The quantitative estimate of drug-likeness (QED) is 0.562. The Morgan fingerprint density at radius 3 is 2.68 bits per heavy atom. The molecule has 0 amide bonds. The second-order valence-corrected chi connectivity index (χ2v) is 6.90. The molecule has 0 aliphatic carbocycles. The molecule has 2 aromatic carbocycles. The monoisotopic (exact) mass is 395 g/mol. The molecule has 0 spiro atoms. The van der Waals surface area contributed by atoms with Crippen LogP contribution >= 0.6 is 11.6 Å². The molecule has 2 heterocycles. The molecule has 142 valence electrons. The molecule has 7 heteroatoms. The first-order valence-corrected chi connectivity index (χ1v) is 9.09. The van der Waals surface area contributed by atoms with Gasteiger partial charge in [-0.2, -0.15) is 0 Å². The van der Waals surface area contributed by atoms with Crippen LogP contribution in [-0.4, -0.2) is 19.1 Å². The molecule has 0 bridgehead atoms. The van der Waals surface area contributed by atoms with Gasteiger partial charge in [0.1, 0.15) is 12.4 Å². The smallest absolute Gasteiger partial charge is 0.333 e. The Bertz CT molecular complexity index is 1200. The number of halogens is 1. The van der Waals surface area contributed by atoms with Crippen LogP contribution < -0.4 is 10.4 Å². The molecule has 2 aromatic heterocycles. The van der Waals surface area contributed by atoms with Crippen molar-refractivity contribution in [3.05, 3.63) is 87.7 Å². The first kappa shape index (κ1) is 18.3. The maximum atomic E-state index is 12.6. The summed E-state index contributed by atoms with van der Waals surface area (Å²) in [6, 6.07) is 14.6. The van der Waals surface area contributed by atoms with Crippen LogP contribution in [0.25, 0.3) is 16.8 Å². The molecule has 0 saturated heterocycles. The number of aromatic nitrogens is 3. The summed E-state index contributed by atoms with van der Waals surface area (Å²) >= 11 is 5.89. The minimum atomic E-state index is -0.192. The molecule has 4 aromatic rings. The van der Waals surface area contributed by atoms with Gasteiger partial charge in [-0.15, -0.1) is 0 Å².